The number of nitrogens with zero attached hydrogens (tertiary/aromatic N) is 3. The number of hydrogen-bond acceptors (Lipinski definition) is 6. The van der Waals surface area contributed by atoms with E-state index >= 15 is 0 Å². The smallest absolute Gasteiger partial charge is 0.241 e. The van der Waals surface area contributed by atoms with E-state index in [2.05, 4.69) is 20.4 Å². The molecule has 0 aliphatic carbocycles. The van der Waals surface area contributed by atoms with Crippen molar-refractivity contribution in [2.45, 2.75) is 24.3 Å². The summed E-state index contributed by atoms with van der Waals surface area (Å²) in [5, 5.41) is 7.80. The molecule has 6 nitrogen and oxygen atoms in total. The van der Waals surface area contributed by atoms with Crippen LogP contribution in [0.5, 0.6) is 0 Å². The van der Waals surface area contributed by atoms with Crippen LogP contribution in [0.3, 0.4) is 0 Å². The van der Waals surface area contributed by atoms with Gasteiger partial charge in [0.25, 0.3) is 0 Å². The number of benzene rings is 2. The predicted molar refractivity (Wildman–Crippen MR) is 120 cm³/mol. The zero-order valence-electron chi connectivity index (χ0n) is 16.7. The predicted octanol–water partition coefficient (Wildman–Crippen LogP) is 4.96. The minimum Gasteiger partial charge on any atom is -0.338 e. The third-order valence-corrected chi connectivity index (χ3v) is 6.18. The molecule has 1 saturated heterocycles. The Labute approximate surface area is 185 Å². The number of rotatable bonds is 6. The molecule has 3 aromatic rings. The number of para-hydroxylation sites is 1. The van der Waals surface area contributed by atoms with Gasteiger partial charge in [-0.05, 0) is 49.9 Å². The average molecular weight is 443 g/mol. The number of carbonyl (C=O) groups is 1. The van der Waals surface area contributed by atoms with E-state index in [0.29, 0.717) is 29.8 Å². The van der Waals surface area contributed by atoms with E-state index in [-0.39, 0.29) is 11.8 Å². The fraction of sp³-hybridized carbons (Fsp3) is 0.318. The molecular formula is C22H23ClN4O2S. The molecule has 8 heteroatoms. The van der Waals surface area contributed by atoms with Gasteiger partial charge in [0.1, 0.15) is 0 Å². The van der Waals surface area contributed by atoms with Crippen molar-refractivity contribution in [1.82, 2.24) is 15.0 Å². The monoisotopic (exact) mass is 442 g/mol. The largest absolute Gasteiger partial charge is 0.338 e. The molecule has 1 atom stereocenters. The molecule has 0 spiro atoms. The van der Waals surface area contributed by atoms with E-state index in [1.54, 1.807) is 11.8 Å². The summed E-state index contributed by atoms with van der Waals surface area (Å²) in [6, 6.07) is 15.2. The lowest BCUT2D eigenvalue weighted by atomic mass is 9.97. The number of anilines is 1. The molecule has 1 aromatic heterocycles. The Bertz CT molecular complexity index is 1030. The molecule has 1 unspecified atom stereocenters. The van der Waals surface area contributed by atoms with Crippen LogP contribution in [0, 0.1) is 5.92 Å². The topological polar surface area (TPSA) is 71.3 Å². The van der Waals surface area contributed by atoms with E-state index in [0.717, 1.165) is 35.5 Å². The van der Waals surface area contributed by atoms with Crippen LogP contribution in [-0.4, -0.2) is 40.3 Å². The maximum Gasteiger partial charge on any atom is 0.241 e. The van der Waals surface area contributed by atoms with Crippen molar-refractivity contribution in [3.05, 3.63) is 59.4 Å². The molecule has 1 fully saturated rings. The third-order valence-electron chi connectivity index (χ3n) is 5.15. The normalized spacial score (nSPS) is 17.1. The van der Waals surface area contributed by atoms with Gasteiger partial charge < -0.3 is 9.84 Å². The minimum absolute atomic E-state index is 0.0614. The van der Waals surface area contributed by atoms with E-state index < -0.39 is 0 Å². The Morgan fingerprint density at radius 2 is 2.17 bits per heavy atom. The Morgan fingerprint density at radius 3 is 3.00 bits per heavy atom. The second kappa shape index (κ2) is 9.64. The molecule has 0 radical (unpaired) electrons. The van der Waals surface area contributed by atoms with Crippen LogP contribution in [0.15, 0.2) is 57.9 Å². The first-order chi connectivity index (χ1) is 14.6. The summed E-state index contributed by atoms with van der Waals surface area (Å²) in [6.07, 6.45) is 3.84. The summed E-state index contributed by atoms with van der Waals surface area (Å²) in [5.41, 5.74) is 1.69. The van der Waals surface area contributed by atoms with Crippen molar-refractivity contribution >= 4 is 35.0 Å². The van der Waals surface area contributed by atoms with E-state index in [4.69, 9.17) is 16.1 Å². The van der Waals surface area contributed by atoms with Gasteiger partial charge in [0, 0.05) is 22.0 Å². The lowest BCUT2D eigenvalue weighted by Crippen LogP contribution is -2.40. The summed E-state index contributed by atoms with van der Waals surface area (Å²) >= 11 is 7.67. The summed E-state index contributed by atoms with van der Waals surface area (Å²) in [7, 11) is 0. The second-order valence-electron chi connectivity index (χ2n) is 7.29. The molecule has 1 aliphatic rings. The molecular weight excluding hydrogens is 420 g/mol. The fourth-order valence-corrected chi connectivity index (χ4v) is 4.39. The average Bonchev–Trinajstić information content (AvgIpc) is 3.23. The number of hydrogen-bond donors (Lipinski definition) is 1. The second-order valence-corrected chi connectivity index (χ2v) is 8.57. The maximum atomic E-state index is 12.8. The number of likely N-dealkylation sites (tertiary alicyclic amines) is 1. The lowest BCUT2D eigenvalue weighted by molar-refractivity contribution is -0.121. The zero-order valence-corrected chi connectivity index (χ0v) is 18.2. The van der Waals surface area contributed by atoms with Gasteiger partial charge in [0.15, 0.2) is 0 Å². The van der Waals surface area contributed by atoms with Gasteiger partial charge in [-0.3, -0.25) is 9.69 Å². The van der Waals surface area contributed by atoms with Crippen LogP contribution >= 0.6 is 23.4 Å². The highest BCUT2D eigenvalue weighted by Crippen LogP contribution is 2.27. The van der Waals surface area contributed by atoms with Crippen LogP contribution in [0.2, 0.25) is 5.02 Å². The molecule has 1 N–H and O–H groups in total. The highest BCUT2D eigenvalue weighted by Gasteiger charge is 2.27. The Balaban J connectivity index is 1.38. The maximum absolute atomic E-state index is 12.8. The van der Waals surface area contributed by atoms with E-state index in [1.807, 2.05) is 54.8 Å². The Morgan fingerprint density at radius 1 is 1.30 bits per heavy atom. The molecule has 1 aliphatic heterocycles. The van der Waals surface area contributed by atoms with Crippen LogP contribution < -0.4 is 5.32 Å². The quantitative estimate of drug-likeness (QED) is 0.544. The van der Waals surface area contributed by atoms with Crippen molar-refractivity contribution in [2.24, 2.45) is 5.92 Å². The summed E-state index contributed by atoms with van der Waals surface area (Å²) in [4.78, 5) is 20.6. The van der Waals surface area contributed by atoms with Crippen LogP contribution in [0.1, 0.15) is 18.7 Å². The third kappa shape index (κ3) is 5.03. The fourth-order valence-electron chi connectivity index (χ4n) is 3.65. The molecule has 0 saturated carbocycles. The first kappa shape index (κ1) is 20.9. The number of amides is 1. The Kier molecular flexibility index (Phi) is 6.72. The number of carbonyl (C=O) groups excluding carboxylic acids is 1. The number of halogens is 1. The van der Waals surface area contributed by atoms with E-state index in [1.165, 1.54) is 0 Å². The minimum atomic E-state index is -0.0658. The SMILES string of the molecule is CSc1ccccc1NC(=O)C1CCCN(Cc2nc(-c3cccc(Cl)c3)no2)C1. The molecule has 2 aromatic carbocycles. The number of aromatic nitrogens is 2. The summed E-state index contributed by atoms with van der Waals surface area (Å²) in [6.45, 7) is 2.10. The van der Waals surface area contributed by atoms with Crippen LogP contribution in [0.4, 0.5) is 5.69 Å². The standard InChI is InChI=1S/C22H23ClN4O2S/c1-30-19-10-3-2-9-18(19)24-22(28)16-7-5-11-27(13-16)14-20-25-21(26-29-20)15-6-4-8-17(23)12-15/h2-4,6,8-10,12,16H,5,7,11,13-14H2,1H3,(H,24,28). The number of thioether (sulfide) groups is 1. The molecule has 156 valence electrons. The van der Waals surface area contributed by atoms with Gasteiger partial charge in [0.05, 0.1) is 18.2 Å². The molecule has 4 rings (SSSR count). The van der Waals surface area contributed by atoms with Gasteiger partial charge in [-0.2, -0.15) is 4.98 Å². The van der Waals surface area contributed by atoms with Crippen molar-refractivity contribution in [1.29, 1.82) is 0 Å². The lowest BCUT2D eigenvalue weighted by Gasteiger charge is -2.31. The van der Waals surface area contributed by atoms with Crippen molar-refractivity contribution in [3.63, 3.8) is 0 Å². The van der Waals surface area contributed by atoms with E-state index in [9.17, 15) is 4.79 Å². The van der Waals surface area contributed by atoms with Gasteiger partial charge in [-0.1, -0.05) is 41.0 Å². The number of nitrogens with one attached hydrogen (secondary N) is 1. The highest BCUT2D eigenvalue weighted by atomic mass is 35.5. The summed E-state index contributed by atoms with van der Waals surface area (Å²) < 4.78 is 5.43. The van der Waals surface area contributed by atoms with Gasteiger partial charge >= 0.3 is 0 Å². The molecule has 2 heterocycles. The Hall–Kier alpha value is -2.35. The van der Waals surface area contributed by atoms with Crippen molar-refractivity contribution in [3.8, 4) is 11.4 Å². The van der Waals surface area contributed by atoms with Gasteiger partial charge in [-0.25, -0.2) is 0 Å². The zero-order chi connectivity index (χ0) is 20.9. The first-order valence-corrected chi connectivity index (χ1v) is 11.5. The number of piperidine rings is 1. The van der Waals surface area contributed by atoms with Gasteiger partial charge in [0.2, 0.25) is 17.6 Å². The molecule has 30 heavy (non-hydrogen) atoms. The van der Waals surface area contributed by atoms with Crippen molar-refractivity contribution in [2.75, 3.05) is 24.7 Å². The first-order valence-electron chi connectivity index (χ1n) is 9.87. The molecule has 0 bridgehead atoms. The van der Waals surface area contributed by atoms with Gasteiger partial charge in [-0.15, -0.1) is 11.8 Å². The van der Waals surface area contributed by atoms with Crippen LogP contribution in [-0.2, 0) is 11.3 Å². The van der Waals surface area contributed by atoms with Crippen LogP contribution in [0.25, 0.3) is 11.4 Å². The van der Waals surface area contributed by atoms with Crippen molar-refractivity contribution < 1.29 is 9.32 Å². The molecule has 1 amide bonds. The highest BCUT2D eigenvalue weighted by molar-refractivity contribution is 7.98. The summed E-state index contributed by atoms with van der Waals surface area (Å²) in [5.74, 6) is 1.06.